The molecule has 1 aliphatic rings. The lowest BCUT2D eigenvalue weighted by Gasteiger charge is -2.15. The normalized spacial score (nSPS) is 37.2. The zero-order valence-corrected chi connectivity index (χ0v) is 7.04. The molecule has 64 valence electrons. The maximum Gasteiger partial charge on any atom is 0.310 e. The van der Waals surface area contributed by atoms with Crippen LogP contribution in [-0.4, -0.2) is 19.1 Å². The van der Waals surface area contributed by atoms with Gasteiger partial charge in [-0.1, -0.05) is 6.92 Å². The third-order valence-corrected chi connectivity index (χ3v) is 2.56. The van der Waals surface area contributed by atoms with Gasteiger partial charge >= 0.3 is 5.97 Å². The molecule has 2 N–H and O–H groups in total. The van der Waals surface area contributed by atoms with Gasteiger partial charge in [0, 0.05) is 6.04 Å². The minimum absolute atomic E-state index is 0.00227. The molecule has 0 aromatic rings. The van der Waals surface area contributed by atoms with E-state index in [1.54, 1.807) is 0 Å². The summed E-state index contributed by atoms with van der Waals surface area (Å²) in [6.07, 6.45) is 1.93. The van der Waals surface area contributed by atoms with E-state index in [2.05, 4.69) is 11.7 Å². The van der Waals surface area contributed by atoms with Gasteiger partial charge in [-0.2, -0.15) is 0 Å². The van der Waals surface area contributed by atoms with E-state index in [-0.39, 0.29) is 17.9 Å². The molecule has 0 spiro atoms. The van der Waals surface area contributed by atoms with Crippen LogP contribution in [0.4, 0.5) is 0 Å². The van der Waals surface area contributed by atoms with Crippen LogP contribution in [0.3, 0.4) is 0 Å². The highest BCUT2D eigenvalue weighted by Gasteiger charge is 2.35. The SMILES string of the molecule is COC(=O)[C@@H]1CC[C@H](C)[C@@H]1N. The average molecular weight is 157 g/mol. The van der Waals surface area contributed by atoms with Crippen molar-refractivity contribution in [1.29, 1.82) is 0 Å². The van der Waals surface area contributed by atoms with Crippen molar-refractivity contribution in [2.24, 2.45) is 17.6 Å². The lowest BCUT2D eigenvalue weighted by atomic mass is 10.0. The predicted molar refractivity (Wildman–Crippen MR) is 41.9 cm³/mol. The summed E-state index contributed by atoms with van der Waals surface area (Å²) in [7, 11) is 1.41. The lowest BCUT2D eigenvalue weighted by molar-refractivity contribution is -0.145. The number of methoxy groups -OCH3 is 1. The number of rotatable bonds is 1. The predicted octanol–water partition coefficient (Wildman–Crippen LogP) is 0.533. The molecule has 0 saturated heterocycles. The van der Waals surface area contributed by atoms with Gasteiger partial charge in [0.15, 0.2) is 0 Å². The van der Waals surface area contributed by atoms with Crippen molar-refractivity contribution in [3.05, 3.63) is 0 Å². The van der Waals surface area contributed by atoms with Gasteiger partial charge in [-0.05, 0) is 18.8 Å². The van der Waals surface area contributed by atoms with Crippen molar-refractivity contribution in [3.8, 4) is 0 Å². The van der Waals surface area contributed by atoms with Crippen molar-refractivity contribution in [2.45, 2.75) is 25.8 Å². The van der Waals surface area contributed by atoms with E-state index in [4.69, 9.17) is 5.73 Å². The molecule has 0 bridgehead atoms. The molecule has 0 amide bonds. The Balaban J connectivity index is 2.54. The summed E-state index contributed by atoms with van der Waals surface area (Å²) >= 11 is 0. The molecule has 3 atom stereocenters. The Bertz CT molecular complexity index is 158. The Morgan fingerprint density at radius 3 is 2.55 bits per heavy atom. The van der Waals surface area contributed by atoms with Crippen LogP contribution in [0.5, 0.6) is 0 Å². The molecule has 0 radical (unpaired) electrons. The summed E-state index contributed by atoms with van der Waals surface area (Å²) in [5.41, 5.74) is 5.80. The van der Waals surface area contributed by atoms with Crippen LogP contribution in [0.2, 0.25) is 0 Å². The standard InChI is InChI=1S/C8H15NO2/c1-5-3-4-6(7(5)9)8(10)11-2/h5-7H,3-4,9H2,1-2H3/t5-,6+,7-/m0/s1. The Morgan fingerprint density at radius 1 is 1.55 bits per heavy atom. The number of carbonyl (C=O) groups is 1. The fourth-order valence-corrected chi connectivity index (χ4v) is 1.65. The van der Waals surface area contributed by atoms with Crippen molar-refractivity contribution in [1.82, 2.24) is 0 Å². The Morgan fingerprint density at radius 2 is 2.18 bits per heavy atom. The van der Waals surface area contributed by atoms with E-state index in [0.29, 0.717) is 5.92 Å². The maximum atomic E-state index is 11.1. The molecule has 3 heteroatoms. The zero-order valence-electron chi connectivity index (χ0n) is 7.04. The smallest absolute Gasteiger partial charge is 0.310 e. The number of hydrogen-bond acceptors (Lipinski definition) is 3. The highest BCUT2D eigenvalue weighted by Crippen LogP contribution is 2.29. The van der Waals surface area contributed by atoms with Crippen LogP contribution in [0.1, 0.15) is 19.8 Å². The van der Waals surface area contributed by atoms with Gasteiger partial charge in [0.25, 0.3) is 0 Å². The average Bonchev–Trinajstić information content (AvgIpc) is 2.32. The molecule has 11 heavy (non-hydrogen) atoms. The molecular formula is C8H15NO2. The fraction of sp³-hybridized carbons (Fsp3) is 0.875. The number of ether oxygens (including phenoxy) is 1. The number of carbonyl (C=O) groups excluding carboxylic acids is 1. The van der Waals surface area contributed by atoms with E-state index in [1.807, 2.05) is 0 Å². The topological polar surface area (TPSA) is 52.3 Å². The van der Waals surface area contributed by atoms with Gasteiger partial charge in [0.1, 0.15) is 0 Å². The molecular weight excluding hydrogens is 142 g/mol. The summed E-state index contributed by atoms with van der Waals surface area (Å²) in [4.78, 5) is 11.1. The molecule has 1 aliphatic carbocycles. The molecule has 0 aromatic heterocycles. The molecule has 0 unspecified atom stereocenters. The van der Waals surface area contributed by atoms with Crippen LogP contribution in [-0.2, 0) is 9.53 Å². The first-order valence-electron chi connectivity index (χ1n) is 4.00. The van der Waals surface area contributed by atoms with Gasteiger partial charge in [0.05, 0.1) is 13.0 Å². The fourth-order valence-electron chi connectivity index (χ4n) is 1.65. The summed E-state index contributed by atoms with van der Waals surface area (Å²) in [6, 6.07) is 0.00227. The molecule has 3 nitrogen and oxygen atoms in total. The highest BCUT2D eigenvalue weighted by molar-refractivity contribution is 5.73. The van der Waals surface area contributed by atoms with Gasteiger partial charge in [0.2, 0.25) is 0 Å². The first kappa shape index (κ1) is 8.53. The van der Waals surface area contributed by atoms with Gasteiger partial charge < -0.3 is 10.5 Å². The van der Waals surface area contributed by atoms with E-state index >= 15 is 0 Å². The van der Waals surface area contributed by atoms with Crippen molar-refractivity contribution >= 4 is 5.97 Å². The van der Waals surface area contributed by atoms with Gasteiger partial charge in [-0.15, -0.1) is 0 Å². The largest absolute Gasteiger partial charge is 0.469 e. The molecule has 1 rings (SSSR count). The van der Waals surface area contributed by atoms with E-state index < -0.39 is 0 Å². The molecule has 1 saturated carbocycles. The van der Waals surface area contributed by atoms with Crippen LogP contribution >= 0.6 is 0 Å². The van der Waals surface area contributed by atoms with E-state index in [9.17, 15) is 4.79 Å². The summed E-state index contributed by atoms with van der Waals surface area (Å²) < 4.78 is 4.63. The van der Waals surface area contributed by atoms with Crippen LogP contribution in [0.15, 0.2) is 0 Å². The minimum atomic E-state index is -0.151. The van der Waals surface area contributed by atoms with Crippen LogP contribution in [0.25, 0.3) is 0 Å². The van der Waals surface area contributed by atoms with Gasteiger partial charge in [-0.25, -0.2) is 0 Å². The minimum Gasteiger partial charge on any atom is -0.469 e. The second-order valence-corrected chi connectivity index (χ2v) is 3.26. The van der Waals surface area contributed by atoms with Crippen LogP contribution < -0.4 is 5.73 Å². The summed E-state index contributed by atoms with van der Waals surface area (Å²) in [5, 5.41) is 0. The quantitative estimate of drug-likeness (QED) is 0.565. The van der Waals surface area contributed by atoms with Crippen molar-refractivity contribution in [2.75, 3.05) is 7.11 Å². The van der Waals surface area contributed by atoms with Crippen LogP contribution in [0, 0.1) is 11.8 Å². The first-order valence-corrected chi connectivity index (χ1v) is 4.00. The molecule has 0 aliphatic heterocycles. The summed E-state index contributed by atoms with van der Waals surface area (Å²) in [5.74, 6) is 0.246. The number of nitrogens with two attached hydrogens (primary N) is 1. The second kappa shape index (κ2) is 3.22. The highest BCUT2D eigenvalue weighted by atomic mass is 16.5. The zero-order chi connectivity index (χ0) is 8.43. The Kier molecular flexibility index (Phi) is 2.49. The van der Waals surface area contributed by atoms with E-state index in [1.165, 1.54) is 7.11 Å². The lowest BCUT2D eigenvalue weighted by Crippen LogP contribution is -2.35. The summed E-state index contributed by atoms with van der Waals surface area (Å²) in [6.45, 7) is 2.08. The molecule has 0 heterocycles. The number of esters is 1. The first-order chi connectivity index (χ1) is 5.16. The van der Waals surface area contributed by atoms with Crippen molar-refractivity contribution < 1.29 is 9.53 Å². The monoisotopic (exact) mass is 157 g/mol. The molecule has 0 aromatic carbocycles. The van der Waals surface area contributed by atoms with E-state index in [0.717, 1.165) is 12.8 Å². The Hall–Kier alpha value is -0.570. The van der Waals surface area contributed by atoms with Crippen molar-refractivity contribution in [3.63, 3.8) is 0 Å². The number of hydrogen-bond donors (Lipinski definition) is 1. The third kappa shape index (κ3) is 1.53. The second-order valence-electron chi connectivity index (χ2n) is 3.26. The molecule has 1 fully saturated rings. The maximum absolute atomic E-state index is 11.1. The Labute approximate surface area is 66.9 Å². The van der Waals surface area contributed by atoms with Gasteiger partial charge in [-0.3, -0.25) is 4.79 Å². The third-order valence-electron chi connectivity index (χ3n) is 2.56.